The topological polar surface area (TPSA) is 119 Å². The standard InChI is InChI=1S/C12H13N3O4/c1-2-19-12(16)5-10-9(7-14)3-8(6-13)4-11(10)15(17)18/h3-4H,2,5,7,14H2,1H3. The number of nitrogens with zero attached hydrogens (tertiary/aromatic N) is 2. The van der Waals surface area contributed by atoms with E-state index in [1.807, 2.05) is 6.07 Å². The highest BCUT2D eigenvalue weighted by molar-refractivity contribution is 5.75. The van der Waals surface area contributed by atoms with E-state index in [-0.39, 0.29) is 36.4 Å². The van der Waals surface area contributed by atoms with Crippen molar-refractivity contribution in [3.63, 3.8) is 0 Å². The number of carbonyl (C=O) groups excluding carboxylic acids is 1. The summed E-state index contributed by atoms with van der Waals surface area (Å²) in [5, 5.41) is 19.8. The van der Waals surface area contributed by atoms with Crippen LogP contribution in [0.4, 0.5) is 5.69 Å². The van der Waals surface area contributed by atoms with Crippen LogP contribution in [0.25, 0.3) is 0 Å². The second-order valence-electron chi connectivity index (χ2n) is 3.69. The van der Waals surface area contributed by atoms with Gasteiger partial charge in [0.25, 0.3) is 5.69 Å². The maximum absolute atomic E-state index is 11.5. The quantitative estimate of drug-likeness (QED) is 0.481. The number of carbonyl (C=O) groups is 1. The number of hydrogen-bond donors (Lipinski definition) is 1. The van der Waals surface area contributed by atoms with Crippen molar-refractivity contribution in [2.24, 2.45) is 5.73 Å². The Bertz CT molecular complexity index is 549. The molecule has 7 nitrogen and oxygen atoms in total. The lowest BCUT2D eigenvalue weighted by atomic mass is 9.99. The van der Waals surface area contributed by atoms with Gasteiger partial charge in [-0.15, -0.1) is 0 Å². The number of ether oxygens (including phenoxy) is 1. The molecule has 0 amide bonds. The van der Waals surface area contributed by atoms with E-state index >= 15 is 0 Å². The van der Waals surface area contributed by atoms with Gasteiger partial charge in [0, 0.05) is 18.2 Å². The Hall–Kier alpha value is -2.46. The zero-order valence-electron chi connectivity index (χ0n) is 10.4. The predicted molar refractivity (Wildman–Crippen MR) is 66.0 cm³/mol. The molecule has 0 aliphatic heterocycles. The van der Waals surface area contributed by atoms with Gasteiger partial charge in [-0.2, -0.15) is 5.26 Å². The maximum Gasteiger partial charge on any atom is 0.310 e. The van der Waals surface area contributed by atoms with Crippen molar-refractivity contribution in [3.8, 4) is 6.07 Å². The number of nitro groups is 1. The monoisotopic (exact) mass is 263 g/mol. The van der Waals surface area contributed by atoms with Crippen LogP contribution in [0.15, 0.2) is 12.1 Å². The second-order valence-corrected chi connectivity index (χ2v) is 3.69. The van der Waals surface area contributed by atoms with Crippen molar-refractivity contribution in [2.75, 3.05) is 6.61 Å². The SMILES string of the molecule is CCOC(=O)Cc1c(CN)cc(C#N)cc1[N+](=O)[O-]. The lowest BCUT2D eigenvalue weighted by Crippen LogP contribution is -2.13. The van der Waals surface area contributed by atoms with Crippen molar-refractivity contribution in [1.82, 2.24) is 0 Å². The highest BCUT2D eigenvalue weighted by Crippen LogP contribution is 2.25. The Labute approximate surface area is 109 Å². The third-order valence-electron chi connectivity index (χ3n) is 2.49. The van der Waals surface area contributed by atoms with E-state index in [0.717, 1.165) is 6.07 Å². The van der Waals surface area contributed by atoms with Crippen LogP contribution in [0.3, 0.4) is 0 Å². The van der Waals surface area contributed by atoms with E-state index in [1.54, 1.807) is 6.92 Å². The number of nitrogens with two attached hydrogens (primary N) is 1. The van der Waals surface area contributed by atoms with Gasteiger partial charge in [0.2, 0.25) is 0 Å². The van der Waals surface area contributed by atoms with Crippen LogP contribution in [0.5, 0.6) is 0 Å². The number of nitriles is 1. The molecular formula is C12H13N3O4. The molecule has 0 aromatic heterocycles. The second kappa shape index (κ2) is 6.47. The molecule has 0 aliphatic rings. The van der Waals surface area contributed by atoms with E-state index < -0.39 is 10.9 Å². The molecule has 0 spiro atoms. The van der Waals surface area contributed by atoms with Gasteiger partial charge in [0.1, 0.15) is 0 Å². The number of nitro benzene ring substituents is 1. The molecule has 0 heterocycles. The Morgan fingerprint density at radius 3 is 2.74 bits per heavy atom. The van der Waals surface area contributed by atoms with Gasteiger partial charge in [0.05, 0.1) is 29.6 Å². The van der Waals surface area contributed by atoms with Gasteiger partial charge in [-0.05, 0) is 18.6 Å². The molecular weight excluding hydrogens is 250 g/mol. The number of esters is 1. The van der Waals surface area contributed by atoms with Crippen LogP contribution in [0, 0.1) is 21.4 Å². The van der Waals surface area contributed by atoms with Crippen LogP contribution < -0.4 is 5.73 Å². The fourth-order valence-electron chi connectivity index (χ4n) is 1.69. The zero-order valence-corrected chi connectivity index (χ0v) is 10.4. The average molecular weight is 263 g/mol. The van der Waals surface area contributed by atoms with Gasteiger partial charge in [-0.3, -0.25) is 14.9 Å². The fourth-order valence-corrected chi connectivity index (χ4v) is 1.69. The predicted octanol–water partition coefficient (Wildman–Crippen LogP) is 1.03. The van der Waals surface area contributed by atoms with Crippen molar-refractivity contribution in [2.45, 2.75) is 19.9 Å². The Kier molecular flexibility index (Phi) is 4.97. The maximum atomic E-state index is 11.5. The molecule has 0 bridgehead atoms. The first kappa shape index (κ1) is 14.6. The number of rotatable bonds is 5. The lowest BCUT2D eigenvalue weighted by molar-refractivity contribution is -0.385. The first-order valence-electron chi connectivity index (χ1n) is 5.59. The Morgan fingerprint density at radius 1 is 1.58 bits per heavy atom. The first-order valence-corrected chi connectivity index (χ1v) is 5.59. The van der Waals surface area contributed by atoms with Crippen molar-refractivity contribution in [1.29, 1.82) is 5.26 Å². The summed E-state index contributed by atoms with van der Waals surface area (Å²) < 4.78 is 4.77. The summed E-state index contributed by atoms with van der Waals surface area (Å²) in [6.07, 6.45) is -0.234. The summed E-state index contributed by atoms with van der Waals surface area (Å²) in [5.74, 6) is -0.565. The van der Waals surface area contributed by atoms with Crippen LogP contribution in [0.2, 0.25) is 0 Å². The van der Waals surface area contributed by atoms with Crippen LogP contribution in [-0.2, 0) is 22.5 Å². The molecule has 19 heavy (non-hydrogen) atoms. The fraction of sp³-hybridized carbons (Fsp3) is 0.333. The molecule has 0 unspecified atom stereocenters. The van der Waals surface area contributed by atoms with Gasteiger partial charge < -0.3 is 10.5 Å². The van der Waals surface area contributed by atoms with Gasteiger partial charge >= 0.3 is 5.97 Å². The molecule has 1 aromatic carbocycles. The molecule has 1 aromatic rings. The summed E-state index contributed by atoms with van der Waals surface area (Å²) in [7, 11) is 0. The van der Waals surface area contributed by atoms with Gasteiger partial charge in [-0.25, -0.2) is 0 Å². The number of hydrogen-bond acceptors (Lipinski definition) is 6. The van der Waals surface area contributed by atoms with Gasteiger partial charge in [0.15, 0.2) is 0 Å². The third kappa shape index (κ3) is 3.50. The number of benzene rings is 1. The van der Waals surface area contributed by atoms with Crippen molar-refractivity contribution in [3.05, 3.63) is 38.9 Å². The van der Waals surface area contributed by atoms with E-state index in [9.17, 15) is 14.9 Å². The third-order valence-corrected chi connectivity index (χ3v) is 2.49. The summed E-state index contributed by atoms with van der Waals surface area (Å²) in [6.45, 7) is 1.85. The van der Waals surface area contributed by atoms with Gasteiger partial charge in [-0.1, -0.05) is 0 Å². The van der Waals surface area contributed by atoms with E-state index in [4.69, 9.17) is 15.7 Å². The molecule has 0 atom stereocenters. The molecule has 2 N–H and O–H groups in total. The smallest absolute Gasteiger partial charge is 0.310 e. The molecule has 7 heteroatoms. The summed E-state index contributed by atoms with van der Waals surface area (Å²) in [6, 6.07) is 4.41. The van der Waals surface area contributed by atoms with E-state index in [1.165, 1.54) is 6.07 Å². The largest absolute Gasteiger partial charge is 0.466 e. The molecule has 0 saturated heterocycles. The lowest BCUT2D eigenvalue weighted by Gasteiger charge is -2.09. The normalized spacial score (nSPS) is 9.74. The summed E-state index contributed by atoms with van der Waals surface area (Å²) in [5.41, 5.74) is 5.96. The molecule has 0 radical (unpaired) electrons. The summed E-state index contributed by atoms with van der Waals surface area (Å²) in [4.78, 5) is 21.8. The summed E-state index contributed by atoms with van der Waals surface area (Å²) >= 11 is 0. The molecule has 0 saturated carbocycles. The Balaban J connectivity index is 3.30. The minimum Gasteiger partial charge on any atom is -0.466 e. The van der Waals surface area contributed by atoms with Crippen molar-refractivity contribution < 1.29 is 14.5 Å². The van der Waals surface area contributed by atoms with Crippen molar-refractivity contribution >= 4 is 11.7 Å². The first-order chi connectivity index (χ1) is 9.03. The van der Waals surface area contributed by atoms with Crippen LogP contribution in [0.1, 0.15) is 23.6 Å². The molecule has 0 aliphatic carbocycles. The van der Waals surface area contributed by atoms with Crippen LogP contribution in [-0.4, -0.2) is 17.5 Å². The highest BCUT2D eigenvalue weighted by atomic mass is 16.6. The van der Waals surface area contributed by atoms with E-state index in [2.05, 4.69) is 0 Å². The average Bonchev–Trinajstić information content (AvgIpc) is 2.38. The minimum atomic E-state index is -0.630. The zero-order chi connectivity index (χ0) is 14.4. The highest BCUT2D eigenvalue weighted by Gasteiger charge is 2.21. The van der Waals surface area contributed by atoms with Crippen LogP contribution >= 0.6 is 0 Å². The molecule has 100 valence electrons. The minimum absolute atomic E-state index is 0.00506. The molecule has 0 fully saturated rings. The molecule has 1 rings (SSSR count). The van der Waals surface area contributed by atoms with E-state index in [0.29, 0.717) is 5.56 Å². The Morgan fingerprint density at radius 2 is 2.26 bits per heavy atom.